The van der Waals surface area contributed by atoms with Gasteiger partial charge in [-0.25, -0.2) is 0 Å². The van der Waals surface area contributed by atoms with E-state index in [1.54, 1.807) is 23.9 Å². The summed E-state index contributed by atoms with van der Waals surface area (Å²) in [7, 11) is 3.44. The zero-order chi connectivity index (χ0) is 20.7. The molecule has 1 aliphatic heterocycles. The first kappa shape index (κ1) is 19.5. The maximum Gasteiger partial charge on any atom is 0.245 e. The van der Waals surface area contributed by atoms with Crippen LogP contribution in [0.3, 0.4) is 0 Å². The molecule has 0 saturated carbocycles. The van der Waals surface area contributed by atoms with Crippen molar-refractivity contribution in [1.82, 2.24) is 9.80 Å². The van der Waals surface area contributed by atoms with Crippen LogP contribution in [0.1, 0.15) is 29.2 Å². The van der Waals surface area contributed by atoms with E-state index in [-0.39, 0.29) is 23.7 Å². The summed E-state index contributed by atoms with van der Waals surface area (Å²) in [6, 6.07) is 14.9. The minimum atomic E-state index is -0.594. The molecule has 0 bridgehead atoms. The number of nitrogens with zero attached hydrogens (tertiary/aromatic N) is 2. The number of nitrogens with two attached hydrogens (primary N) is 1. The third-order valence-electron chi connectivity index (χ3n) is 5.83. The van der Waals surface area contributed by atoms with Crippen LogP contribution < -0.4 is 5.73 Å². The molecule has 2 amide bonds. The number of rotatable bonds is 3. The maximum atomic E-state index is 13.1. The molecule has 0 aromatic heterocycles. The predicted molar refractivity (Wildman–Crippen MR) is 115 cm³/mol. The van der Waals surface area contributed by atoms with Crippen molar-refractivity contribution in [2.75, 3.05) is 25.7 Å². The second-order valence-corrected chi connectivity index (χ2v) is 8.06. The van der Waals surface area contributed by atoms with Crippen molar-refractivity contribution < 1.29 is 9.59 Å². The molecule has 0 saturated heterocycles. The molecule has 1 heterocycles. The number of nitrogen functional groups attached to an aromatic ring is 1. The molecular weight excluding hydrogens is 386 g/mol. The van der Waals surface area contributed by atoms with Crippen LogP contribution in [0.15, 0.2) is 54.1 Å². The van der Waals surface area contributed by atoms with Crippen molar-refractivity contribution in [3.63, 3.8) is 0 Å². The van der Waals surface area contributed by atoms with Gasteiger partial charge in [0, 0.05) is 26.2 Å². The molecule has 0 fully saturated rings. The van der Waals surface area contributed by atoms with Crippen molar-refractivity contribution in [3.8, 4) is 0 Å². The van der Waals surface area contributed by atoms with Crippen molar-refractivity contribution in [2.24, 2.45) is 0 Å². The lowest BCUT2D eigenvalue weighted by molar-refractivity contribution is -0.145. The second-order valence-electron chi connectivity index (χ2n) is 7.79. The van der Waals surface area contributed by atoms with Gasteiger partial charge in [-0.05, 0) is 46.4 Å². The van der Waals surface area contributed by atoms with Crippen molar-refractivity contribution in [2.45, 2.75) is 24.9 Å². The standard InChI is InChI=1S/C23H24ClN3O2/c1-26(2)23(29)20-12-18-17-6-4-3-5-15(17)11-19(18)22(27(20)21(28)13-24)14-7-9-16(25)10-8-14/h3-10,20,22H,11-13,25H2,1-2H3/t20-,22+/m1/s1. The van der Waals surface area contributed by atoms with Gasteiger partial charge in [0.2, 0.25) is 11.8 Å². The molecule has 0 radical (unpaired) electrons. The normalized spacial score (nSPS) is 20.3. The zero-order valence-electron chi connectivity index (χ0n) is 16.6. The average Bonchev–Trinajstić information content (AvgIpc) is 3.10. The third-order valence-corrected chi connectivity index (χ3v) is 6.06. The first-order valence-electron chi connectivity index (χ1n) is 9.66. The van der Waals surface area contributed by atoms with E-state index in [0.29, 0.717) is 12.1 Å². The summed E-state index contributed by atoms with van der Waals surface area (Å²) in [6.45, 7) is 0. The SMILES string of the molecule is CN(C)C(=O)[C@H]1CC2=C(Cc3ccccc32)[C@H](c2ccc(N)cc2)N1C(=O)CCl. The monoisotopic (exact) mass is 409 g/mol. The highest BCUT2D eigenvalue weighted by molar-refractivity contribution is 6.27. The minimum Gasteiger partial charge on any atom is -0.399 e. The fourth-order valence-corrected chi connectivity index (χ4v) is 4.67. The number of fused-ring (bicyclic) bond motifs is 2. The summed E-state index contributed by atoms with van der Waals surface area (Å²) < 4.78 is 0. The lowest BCUT2D eigenvalue weighted by Gasteiger charge is -2.43. The molecule has 1 aliphatic carbocycles. The van der Waals surface area contributed by atoms with Crippen LogP contribution in [0.2, 0.25) is 0 Å². The highest BCUT2D eigenvalue weighted by Gasteiger charge is 2.45. The van der Waals surface area contributed by atoms with Gasteiger partial charge in [0.1, 0.15) is 11.9 Å². The number of carbonyl (C=O) groups is 2. The summed E-state index contributed by atoms with van der Waals surface area (Å²) in [6.07, 6.45) is 1.26. The second kappa shape index (κ2) is 7.56. The third kappa shape index (κ3) is 3.29. The summed E-state index contributed by atoms with van der Waals surface area (Å²) >= 11 is 5.99. The number of hydrogen-bond acceptors (Lipinski definition) is 3. The van der Waals surface area contributed by atoms with Gasteiger partial charge in [0.05, 0.1) is 6.04 Å². The largest absolute Gasteiger partial charge is 0.399 e. The van der Waals surface area contributed by atoms with Gasteiger partial charge in [-0.15, -0.1) is 11.6 Å². The number of alkyl halides is 1. The zero-order valence-corrected chi connectivity index (χ0v) is 17.3. The van der Waals surface area contributed by atoms with Crippen LogP contribution in [-0.2, 0) is 16.0 Å². The molecule has 0 spiro atoms. The smallest absolute Gasteiger partial charge is 0.245 e. The number of benzene rings is 2. The Labute approximate surface area is 175 Å². The van der Waals surface area contributed by atoms with Crippen molar-refractivity contribution in [1.29, 1.82) is 0 Å². The highest BCUT2D eigenvalue weighted by atomic mass is 35.5. The van der Waals surface area contributed by atoms with E-state index in [2.05, 4.69) is 12.1 Å². The lowest BCUT2D eigenvalue weighted by Crippen LogP contribution is -2.53. The summed E-state index contributed by atoms with van der Waals surface area (Å²) in [5, 5.41) is 0. The van der Waals surface area contributed by atoms with E-state index in [1.165, 1.54) is 16.7 Å². The van der Waals surface area contributed by atoms with Crippen molar-refractivity contribution >= 4 is 34.7 Å². The Morgan fingerprint density at radius 2 is 1.83 bits per heavy atom. The molecule has 2 atom stereocenters. The quantitative estimate of drug-likeness (QED) is 0.625. The van der Waals surface area contributed by atoms with E-state index in [1.807, 2.05) is 36.4 Å². The molecule has 4 rings (SSSR count). The van der Waals surface area contributed by atoms with E-state index in [4.69, 9.17) is 17.3 Å². The lowest BCUT2D eigenvalue weighted by atomic mass is 9.84. The van der Waals surface area contributed by atoms with E-state index < -0.39 is 6.04 Å². The van der Waals surface area contributed by atoms with Gasteiger partial charge in [-0.1, -0.05) is 36.4 Å². The fourth-order valence-electron chi connectivity index (χ4n) is 4.53. The van der Waals surface area contributed by atoms with Crippen LogP contribution in [-0.4, -0.2) is 47.6 Å². The minimum absolute atomic E-state index is 0.0974. The molecule has 2 aliphatic rings. The topological polar surface area (TPSA) is 66.6 Å². The van der Waals surface area contributed by atoms with Crippen molar-refractivity contribution in [3.05, 3.63) is 70.8 Å². The van der Waals surface area contributed by atoms with Gasteiger partial charge in [-0.3, -0.25) is 9.59 Å². The Balaban J connectivity index is 1.91. The number of likely N-dealkylation sites (N-methyl/N-ethyl adjacent to an activating group) is 1. The number of halogens is 1. The number of amides is 2. The van der Waals surface area contributed by atoms with Crippen LogP contribution in [0.5, 0.6) is 0 Å². The first-order chi connectivity index (χ1) is 13.9. The van der Waals surface area contributed by atoms with Crippen LogP contribution in [0.4, 0.5) is 5.69 Å². The molecule has 29 heavy (non-hydrogen) atoms. The van der Waals surface area contributed by atoms with Gasteiger partial charge >= 0.3 is 0 Å². The molecule has 150 valence electrons. The fraction of sp³-hybridized carbons (Fsp3) is 0.304. The summed E-state index contributed by atoms with van der Waals surface area (Å²) in [5.74, 6) is -0.505. The molecule has 2 N–H and O–H groups in total. The predicted octanol–water partition coefficient (Wildman–Crippen LogP) is 3.25. The van der Waals surface area contributed by atoms with Crippen LogP contribution in [0, 0.1) is 0 Å². The molecule has 6 heteroatoms. The van der Waals surface area contributed by atoms with E-state index in [0.717, 1.165) is 17.6 Å². The highest BCUT2D eigenvalue weighted by Crippen LogP contribution is 2.49. The van der Waals surface area contributed by atoms with E-state index in [9.17, 15) is 9.59 Å². The first-order valence-corrected chi connectivity index (χ1v) is 10.2. The molecule has 0 unspecified atom stereocenters. The maximum absolute atomic E-state index is 13.1. The summed E-state index contributed by atoms with van der Waals surface area (Å²) in [4.78, 5) is 29.3. The summed E-state index contributed by atoms with van der Waals surface area (Å²) in [5.41, 5.74) is 12.2. The Morgan fingerprint density at radius 1 is 1.14 bits per heavy atom. The Hall–Kier alpha value is -2.79. The van der Waals surface area contributed by atoms with Crippen LogP contribution >= 0.6 is 11.6 Å². The Bertz CT molecular complexity index is 997. The Kier molecular flexibility index (Phi) is 5.09. The van der Waals surface area contributed by atoms with Gasteiger partial charge < -0.3 is 15.5 Å². The van der Waals surface area contributed by atoms with Crippen LogP contribution in [0.25, 0.3) is 5.57 Å². The number of carbonyl (C=O) groups excluding carboxylic acids is 2. The molecular formula is C23H24ClN3O2. The van der Waals surface area contributed by atoms with Gasteiger partial charge in [-0.2, -0.15) is 0 Å². The van der Waals surface area contributed by atoms with E-state index >= 15 is 0 Å². The molecule has 5 nitrogen and oxygen atoms in total. The van der Waals surface area contributed by atoms with Gasteiger partial charge in [0.15, 0.2) is 0 Å². The Morgan fingerprint density at radius 3 is 2.48 bits per heavy atom. The molecule has 2 aromatic carbocycles. The van der Waals surface area contributed by atoms with Gasteiger partial charge in [0.25, 0.3) is 0 Å². The number of hydrogen-bond donors (Lipinski definition) is 1. The number of anilines is 1. The average molecular weight is 410 g/mol. The molecule has 2 aromatic rings.